The number of halogens is 1. The largest absolute Gasteiger partial charge is 0.368 e. The first kappa shape index (κ1) is 15.2. The van der Waals surface area contributed by atoms with E-state index in [1.807, 2.05) is 24.4 Å². The van der Waals surface area contributed by atoms with Gasteiger partial charge in [0.05, 0.1) is 22.9 Å². The van der Waals surface area contributed by atoms with Crippen molar-refractivity contribution in [1.82, 2.24) is 9.38 Å². The molecule has 1 saturated heterocycles. The molecule has 2 aromatic carbocycles. The highest BCUT2D eigenvalue weighted by atomic mass is 19.1. The molecule has 5 rings (SSSR count). The zero-order valence-corrected chi connectivity index (χ0v) is 14.3. The Hall–Kier alpha value is -3.08. The summed E-state index contributed by atoms with van der Waals surface area (Å²) >= 11 is 0. The molecule has 130 valence electrons. The number of para-hydroxylation sites is 1. The highest BCUT2D eigenvalue weighted by Crippen LogP contribution is 2.28. The summed E-state index contributed by atoms with van der Waals surface area (Å²) in [5, 5.41) is 0. The number of aromatic nitrogens is 2. The average Bonchev–Trinajstić information content (AvgIpc) is 3.18. The quantitative estimate of drug-likeness (QED) is 0.549. The van der Waals surface area contributed by atoms with E-state index in [-0.39, 0.29) is 5.82 Å². The molecule has 1 aliphatic rings. The molecule has 0 saturated carbocycles. The van der Waals surface area contributed by atoms with E-state index in [2.05, 4.69) is 44.7 Å². The van der Waals surface area contributed by atoms with E-state index in [1.54, 1.807) is 0 Å². The third-order valence-electron chi connectivity index (χ3n) is 5.17. The zero-order chi connectivity index (χ0) is 17.5. The van der Waals surface area contributed by atoms with Crippen molar-refractivity contribution in [3.05, 3.63) is 72.8 Å². The Morgan fingerprint density at radius 3 is 2.38 bits per heavy atom. The molecule has 26 heavy (non-hydrogen) atoms. The summed E-state index contributed by atoms with van der Waals surface area (Å²) < 4.78 is 15.3. The number of fused-ring (bicyclic) bond motifs is 3. The smallest absolute Gasteiger partial charge is 0.123 e. The highest BCUT2D eigenvalue weighted by molar-refractivity contribution is 5.90. The first-order valence-electron chi connectivity index (χ1n) is 8.90. The van der Waals surface area contributed by atoms with E-state index in [0.717, 1.165) is 48.4 Å². The van der Waals surface area contributed by atoms with Crippen LogP contribution in [0.4, 0.5) is 15.8 Å². The fraction of sp³-hybridized carbons (Fsp3) is 0.190. The van der Waals surface area contributed by atoms with Gasteiger partial charge in [0, 0.05) is 38.1 Å². The van der Waals surface area contributed by atoms with Gasteiger partial charge < -0.3 is 14.2 Å². The molecule has 2 aromatic heterocycles. The van der Waals surface area contributed by atoms with Crippen molar-refractivity contribution in [2.75, 3.05) is 36.0 Å². The lowest BCUT2D eigenvalue weighted by Crippen LogP contribution is -2.46. The van der Waals surface area contributed by atoms with E-state index in [9.17, 15) is 4.39 Å². The van der Waals surface area contributed by atoms with Crippen LogP contribution in [0.3, 0.4) is 0 Å². The lowest BCUT2D eigenvalue weighted by molar-refractivity contribution is 0.625. The van der Waals surface area contributed by atoms with Crippen molar-refractivity contribution < 1.29 is 4.39 Å². The number of benzene rings is 2. The molecule has 0 N–H and O–H groups in total. The van der Waals surface area contributed by atoms with Crippen LogP contribution in [-0.4, -0.2) is 35.6 Å². The van der Waals surface area contributed by atoms with Crippen LogP contribution in [-0.2, 0) is 0 Å². The first-order chi connectivity index (χ1) is 12.8. The van der Waals surface area contributed by atoms with E-state index >= 15 is 0 Å². The molecule has 1 fully saturated rings. The van der Waals surface area contributed by atoms with Crippen LogP contribution in [0.1, 0.15) is 0 Å². The van der Waals surface area contributed by atoms with Gasteiger partial charge in [-0.2, -0.15) is 0 Å². The van der Waals surface area contributed by atoms with Crippen molar-refractivity contribution in [2.24, 2.45) is 0 Å². The maximum absolute atomic E-state index is 13.1. The topological polar surface area (TPSA) is 23.8 Å². The second-order valence-electron chi connectivity index (χ2n) is 6.66. The van der Waals surface area contributed by atoms with Gasteiger partial charge in [0.15, 0.2) is 0 Å². The van der Waals surface area contributed by atoms with Crippen molar-refractivity contribution in [2.45, 2.75) is 0 Å². The number of piperazine rings is 1. The molecule has 0 atom stereocenters. The monoisotopic (exact) mass is 346 g/mol. The number of nitrogens with zero attached hydrogens (tertiary/aromatic N) is 4. The molecule has 0 radical (unpaired) electrons. The Labute approximate surface area is 151 Å². The number of rotatable bonds is 2. The fourth-order valence-corrected chi connectivity index (χ4v) is 3.81. The fourth-order valence-electron chi connectivity index (χ4n) is 3.81. The minimum absolute atomic E-state index is 0.189. The van der Waals surface area contributed by atoms with Gasteiger partial charge in [-0.3, -0.25) is 4.98 Å². The molecular formula is C21H19FN4. The SMILES string of the molecule is Fc1ccc(N2CCN(c3cccc4c3ncc3cccn34)CC2)cc1. The number of hydrogen-bond acceptors (Lipinski definition) is 3. The van der Waals surface area contributed by atoms with Gasteiger partial charge in [0.1, 0.15) is 11.3 Å². The van der Waals surface area contributed by atoms with Gasteiger partial charge in [-0.15, -0.1) is 0 Å². The second-order valence-corrected chi connectivity index (χ2v) is 6.66. The third-order valence-corrected chi connectivity index (χ3v) is 5.17. The predicted molar refractivity (Wildman–Crippen MR) is 104 cm³/mol. The summed E-state index contributed by atoms with van der Waals surface area (Å²) in [6, 6.07) is 17.2. The zero-order valence-electron chi connectivity index (χ0n) is 14.3. The lowest BCUT2D eigenvalue weighted by Gasteiger charge is -2.37. The highest BCUT2D eigenvalue weighted by Gasteiger charge is 2.20. The average molecular weight is 346 g/mol. The summed E-state index contributed by atoms with van der Waals surface area (Å²) in [5.41, 5.74) is 5.53. The molecule has 1 aliphatic heterocycles. The number of anilines is 2. The van der Waals surface area contributed by atoms with Crippen LogP contribution in [0.5, 0.6) is 0 Å². The molecule has 0 aliphatic carbocycles. The Morgan fingerprint density at radius 1 is 0.808 bits per heavy atom. The van der Waals surface area contributed by atoms with Gasteiger partial charge in [0.2, 0.25) is 0 Å². The Morgan fingerprint density at radius 2 is 1.58 bits per heavy atom. The van der Waals surface area contributed by atoms with Crippen molar-refractivity contribution in [3.8, 4) is 0 Å². The molecule has 4 nitrogen and oxygen atoms in total. The van der Waals surface area contributed by atoms with Crippen LogP contribution in [0.25, 0.3) is 16.6 Å². The summed E-state index contributed by atoms with van der Waals surface area (Å²) in [6.07, 6.45) is 4.01. The van der Waals surface area contributed by atoms with E-state index in [0.29, 0.717) is 0 Å². The van der Waals surface area contributed by atoms with Gasteiger partial charge in [-0.05, 0) is 48.5 Å². The minimum atomic E-state index is -0.189. The van der Waals surface area contributed by atoms with Crippen LogP contribution in [0.15, 0.2) is 67.0 Å². The summed E-state index contributed by atoms with van der Waals surface area (Å²) in [5.74, 6) is -0.189. The van der Waals surface area contributed by atoms with E-state index < -0.39 is 0 Å². The minimum Gasteiger partial charge on any atom is -0.368 e. The van der Waals surface area contributed by atoms with Crippen LogP contribution >= 0.6 is 0 Å². The van der Waals surface area contributed by atoms with Gasteiger partial charge >= 0.3 is 0 Å². The molecule has 5 heteroatoms. The Balaban J connectivity index is 1.43. The predicted octanol–water partition coefficient (Wildman–Crippen LogP) is 3.95. The molecular weight excluding hydrogens is 327 g/mol. The van der Waals surface area contributed by atoms with Crippen LogP contribution in [0, 0.1) is 5.82 Å². The molecule has 0 bridgehead atoms. The number of hydrogen-bond donors (Lipinski definition) is 0. The van der Waals surface area contributed by atoms with Crippen LogP contribution < -0.4 is 9.80 Å². The van der Waals surface area contributed by atoms with Gasteiger partial charge in [0.25, 0.3) is 0 Å². The van der Waals surface area contributed by atoms with Gasteiger partial charge in [-0.1, -0.05) is 6.07 Å². The van der Waals surface area contributed by atoms with Crippen molar-refractivity contribution >= 4 is 27.9 Å². The Kier molecular flexibility index (Phi) is 3.52. The molecule has 0 amide bonds. The molecule has 3 heterocycles. The van der Waals surface area contributed by atoms with Crippen molar-refractivity contribution in [1.29, 1.82) is 0 Å². The standard InChI is InChI=1S/C21H19FN4/c22-16-6-8-17(9-7-16)24-11-13-25(14-12-24)19-4-1-5-20-21(19)23-15-18-3-2-10-26(18)20/h1-10,15H,11-14H2. The third kappa shape index (κ3) is 2.47. The second kappa shape index (κ2) is 6.02. The maximum atomic E-state index is 13.1. The lowest BCUT2D eigenvalue weighted by atomic mass is 10.2. The molecule has 0 unspecified atom stereocenters. The van der Waals surface area contributed by atoms with E-state index in [1.165, 1.54) is 17.8 Å². The van der Waals surface area contributed by atoms with Crippen molar-refractivity contribution in [3.63, 3.8) is 0 Å². The normalized spacial score (nSPS) is 15.1. The molecule has 4 aromatic rings. The summed E-state index contributed by atoms with van der Waals surface area (Å²) in [6.45, 7) is 3.66. The van der Waals surface area contributed by atoms with E-state index in [4.69, 9.17) is 4.98 Å². The Bertz CT molecular complexity index is 1060. The van der Waals surface area contributed by atoms with Crippen LogP contribution in [0.2, 0.25) is 0 Å². The maximum Gasteiger partial charge on any atom is 0.123 e. The molecule has 0 spiro atoms. The first-order valence-corrected chi connectivity index (χ1v) is 8.90. The van der Waals surface area contributed by atoms with Gasteiger partial charge in [-0.25, -0.2) is 4.39 Å². The summed E-state index contributed by atoms with van der Waals surface area (Å²) in [7, 11) is 0. The summed E-state index contributed by atoms with van der Waals surface area (Å²) in [4.78, 5) is 9.42.